The Bertz CT molecular complexity index is 1020. The Hall–Kier alpha value is -2.19. The molecule has 0 saturated carbocycles. The molecule has 1 aromatic carbocycles. The van der Waals surface area contributed by atoms with E-state index in [4.69, 9.17) is 4.98 Å². The number of piperazine rings is 1. The minimum absolute atomic E-state index is 0.000208. The van der Waals surface area contributed by atoms with Crippen LogP contribution in [0.1, 0.15) is 12.0 Å². The molecule has 3 heterocycles. The number of benzene rings is 1. The number of fused-ring (bicyclic) bond motifs is 1. The van der Waals surface area contributed by atoms with Crippen LogP contribution in [-0.2, 0) is 14.6 Å². The van der Waals surface area contributed by atoms with Crippen molar-refractivity contribution in [2.24, 2.45) is 0 Å². The molecule has 7 nitrogen and oxygen atoms in total. The van der Waals surface area contributed by atoms with Crippen molar-refractivity contribution in [2.45, 2.75) is 19.4 Å². The molecule has 2 aromatic rings. The zero-order valence-electron chi connectivity index (χ0n) is 17.0. The molecule has 8 heteroatoms. The van der Waals surface area contributed by atoms with Crippen LogP contribution >= 0.6 is 0 Å². The van der Waals surface area contributed by atoms with E-state index in [0.717, 1.165) is 37.5 Å². The Kier molecular flexibility index (Phi) is 5.48. The molecule has 156 valence electrons. The molecule has 0 N–H and O–H groups in total. The highest BCUT2D eigenvalue weighted by molar-refractivity contribution is 7.91. The first-order chi connectivity index (χ1) is 13.8. The van der Waals surface area contributed by atoms with Gasteiger partial charge in [-0.05, 0) is 31.0 Å². The van der Waals surface area contributed by atoms with E-state index in [1.165, 1.54) is 10.9 Å². The topological polar surface area (TPSA) is 73.8 Å². The minimum atomic E-state index is -2.99. The Labute approximate surface area is 172 Å². The molecule has 2 aliphatic heterocycles. The van der Waals surface area contributed by atoms with E-state index in [1.807, 2.05) is 18.2 Å². The highest BCUT2D eigenvalue weighted by Crippen LogP contribution is 2.23. The summed E-state index contributed by atoms with van der Waals surface area (Å²) in [6.07, 6.45) is 0.547. The summed E-state index contributed by atoms with van der Waals surface area (Å²) in [6, 6.07) is 10.1. The number of hydrogen-bond donors (Lipinski definition) is 0. The molecular formula is C21H28N4O3S. The highest BCUT2D eigenvalue weighted by Gasteiger charge is 2.33. The van der Waals surface area contributed by atoms with Crippen LogP contribution in [0, 0.1) is 6.92 Å². The Morgan fingerprint density at radius 3 is 2.62 bits per heavy atom. The quantitative estimate of drug-likeness (QED) is 0.748. The molecule has 4 rings (SSSR count). The number of rotatable bonds is 4. The van der Waals surface area contributed by atoms with Crippen LogP contribution in [0.4, 0.5) is 5.82 Å². The number of carbonyl (C=O) groups excluding carboxylic acids is 1. The van der Waals surface area contributed by atoms with Crippen LogP contribution in [0.25, 0.3) is 10.9 Å². The van der Waals surface area contributed by atoms with Crippen molar-refractivity contribution in [3.05, 3.63) is 35.9 Å². The maximum absolute atomic E-state index is 12.6. The third-order valence-corrected chi connectivity index (χ3v) is 7.86. The van der Waals surface area contributed by atoms with E-state index in [-0.39, 0.29) is 23.5 Å². The van der Waals surface area contributed by atoms with Gasteiger partial charge in [0.2, 0.25) is 5.91 Å². The lowest BCUT2D eigenvalue weighted by Gasteiger charge is -2.36. The number of hydrogen-bond acceptors (Lipinski definition) is 6. The summed E-state index contributed by atoms with van der Waals surface area (Å²) < 4.78 is 23.3. The summed E-state index contributed by atoms with van der Waals surface area (Å²) in [7, 11) is -1.26. The van der Waals surface area contributed by atoms with Gasteiger partial charge in [-0.15, -0.1) is 0 Å². The van der Waals surface area contributed by atoms with Crippen LogP contribution in [-0.4, -0.2) is 86.4 Å². The standard InChI is InChI=1S/C21H28N4O3S/c1-16-13-20(22-19-6-4-3-5-18(16)19)25-10-8-24(9-11-25)14-21(26)23(2)17-7-12-29(27,28)15-17/h3-6,13,17H,7-12,14-15H2,1-2H3. The predicted molar refractivity (Wildman–Crippen MR) is 115 cm³/mol. The third kappa shape index (κ3) is 4.38. The number of amides is 1. The molecule has 1 unspecified atom stereocenters. The van der Waals surface area contributed by atoms with Gasteiger partial charge in [-0.1, -0.05) is 18.2 Å². The summed E-state index contributed by atoms with van der Waals surface area (Å²) in [5.41, 5.74) is 2.23. The zero-order chi connectivity index (χ0) is 20.6. The zero-order valence-corrected chi connectivity index (χ0v) is 17.9. The Morgan fingerprint density at radius 2 is 1.93 bits per heavy atom. The molecule has 2 fully saturated rings. The molecule has 29 heavy (non-hydrogen) atoms. The second kappa shape index (κ2) is 7.91. The maximum Gasteiger partial charge on any atom is 0.236 e. The molecule has 1 amide bonds. The van der Waals surface area contributed by atoms with Crippen molar-refractivity contribution in [3.63, 3.8) is 0 Å². The van der Waals surface area contributed by atoms with Gasteiger partial charge in [-0.25, -0.2) is 13.4 Å². The fourth-order valence-corrected chi connectivity index (χ4v) is 5.99. The number of carbonyl (C=O) groups is 1. The van der Waals surface area contributed by atoms with Gasteiger partial charge < -0.3 is 9.80 Å². The summed E-state index contributed by atoms with van der Waals surface area (Å²) >= 11 is 0. The van der Waals surface area contributed by atoms with E-state index >= 15 is 0 Å². The van der Waals surface area contributed by atoms with Gasteiger partial charge in [0.15, 0.2) is 9.84 Å². The lowest BCUT2D eigenvalue weighted by molar-refractivity contribution is -0.132. The average molecular weight is 417 g/mol. The molecule has 0 aliphatic carbocycles. The molecule has 1 atom stereocenters. The third-order valence-electron chi connectivity index (χ3n) is 6.11. The van der Waals surface area contributed by atoms with Gasteiger partial charge in [-0.3, -0.25) is 9.69 Å². The fraction of sp³-hybridized carbons (Fsp3) is 0.524. The van der Waals surface area contributed by atoms with E-state index in [1.54, 1.807) is 11.9 Å². The van der Waals surface area contributed by atoms with Gasteiger partial charge in [0, 0.05) is 44.7 Å². The second-order valence-corrected chi connectivity index (χ2v) is 10.4. The van der Waals surface area contributed by atoms with E-state index in [9.17, 15) is 13.2 Å². The number of para-hydroxylation sites is 1. The summed E-state index contributed by atoms with van der Waals surface area (Å²) in [5.74, 6) is 1.27. The molecule has 1 aromatic heterocycles. The molecule has 2 aliphatic rings. The summed E-state index contributed by atoms with van der Waals surface area (Å²) in [6.45, 7) is 5.66. The van der Waals surface area contributed by atoms with Crippen LogP contribution in [0.3, 0.4) is 0 Å². The maximum atomic E-state index is 12.6. The first kappa shape index (κ1) is 20.1. The predicted octanol–water partition coefficient (Wildman–Crippen LogP) is 1.31. The number of sulfone groups is 1. The average Bonchev–Trinajstić information content (AvgIpc) is 3.07. The highest BCUT2D eigenvalue weighted by atomic mass is 32.2. The van der Waals surface area contributed by atoms with Crippen molar-refractivity contribution in [1.82, 2.24) is 14.8 Å². The number of nitrogens with zero attached hydrogens (tertiary/aromatic N) is 4. The van der Waals surface area contributed by atoms with Gasteiger partial charge >= 0.3 is 0 Å². The first-order valence-electron chi connectivity index (χ1n) is 10.1. The van der Waals surface area contributed by atoms with Crippen LogP contribution < -0.4 is 4.90 Å². The van der Waals surface area contributed by atoms with Crippen molar-refractivity contribution in [3.8, 4) is 0 Å². The van der Waals surface area contributed by atoms with Crippen molar-refractivity contribution in [1.29, 1.82) is 0 Å². The van der Waals surface area contributed by atoms with Gasteiger partial charge in [0.1, 0.15) is 5.82 Å². The molecular weight excluding hydrogens is 388 g/mol. The van der Waals surface area contributed by atoms with Crippen molar-refractivity contribution < 1.29 is 13.2 Å². The minimum Gasteiger partial charge on any atom is -0.354 e. The first-order valence-corrected chi connectivity index (χ1v) is 11.9. The van der Waals surface area contributed by atoms with Gasteiger partial charge in [0.25, 0.3) is 0 Å². The molecule has 0 radical (unpaired) electrons. The number of likely N-dealkylation sites (N-methyl/N-ethyl adjacent to an activating group) is 1. The lowest BCUT2D eigenvalue weighted by Crippen LogP contribution is -2.51. The number of anilines is 1. The van der Waals surface area contributed by atoms with E-state index in [0.29, 0.717) is 13.0 Å². The SMILES string of the molecule is Cc1cc(N2CCN(CC(=O)N(C)C3CCS(=O)(=O)C3)CC2)nc2ccccc12. The molecule has 0 bridgehead atoms. The monoisotopic (exact) mass is 416 g/mol. The molecule has 2 saturated heterocycles. The van der Waals surface area contributed by atoms with Crippen LogP contribution in [0.5, 0.6) is 0 Å². The second-order valence-electron chi connectivity index (χ2n) is 8.14. The normalized spacial score (nSPS) is 22.1. The summed E-state index contributed by atoms with van der Waals surface area (Å²) in [4.78, 5) is 23.5. The Morgan fingerprint density at radius 1 is 1.21 bits per heavy atom. The Balaban J connectivity index is 1.34. The van der Waals surface area contributed by atoms with Crippen LogP contribution in [0.15, 0.2) is 30.3 Å². The number of aryl methyl sites for hydroxylation is 1. The van der Waals surface area contributed by atoms with Crippen LogP contribution in [0.2, 0.25) is 0 Å². The van der Waals surface area contributed by atoms with E-state index in [2.05, 4.69) is 28.9 Å². The van der Waals surface area contributed by atoms with Crippen molar-refractivity contribution in [2.75, 3.05) is 56.2 Å². The number of pyridine rings is 1. The fourth-order valence-electron chi connectivity index (χ4n) is 4.22. The largest absolute Gasteiger partial charge is 0.354 e. The van der Waals surface area contributed by atoms with Gasteiger partial charge in [-0.2, -0.15) is 0 Å². The van der Waals surface area contributed by atoms with E-state index < -0.39 is 9.84 Å². The lowest BCUT2D eigenvalue weighted by atomic mass is 10.1. The smallest absolute Gasteiger partial charge is 0.236 e. The molecule has 0 spiro atoms. The van der Waals surface area contributed by atoms with Gasteiger partial charge in [0.05, 0.1) is 23.6 Å². The van der Waals surface area contributed by atoms with Crippen molar-refractivity contribution >= 4 is 32.5 Å². The number of aromatic nitrogens is 1. The summed E-state index contributed by atoms with van der Waals surface area (Å²) in [5, 5.41) is 1.18.